The van der Waals surface area contributed by atoms with Crippen LogP contribution in [0.15, 0.2) is 206 Å². The van der Waals surface area contributed by atoms with E-state index in [1.54, 1.807) is 0 Å². The van der Waals surface area contributed by atoms with Crippen LogP contribution in [0.5, 0.6) is 0 Å². The van der Waals surface area contributed by atoms with Crippen LogP contribution in [-0.4, -0.2) is 24.1 Å². The lowest BCUT2D eigenvalue weighted by Gasteiger charge is -2.12. The molecule has 12 rings (SSSR count). The Morgan fingerprint density at radius 2 is 0.839 bits per heavy atom. The molecule has 62 heavy (non-hydrogen) atoms. The molecule has 0 bridgehead atoms. The van der Waals surface area contributed by atoms with Gasteiger partial charge in [-0.2, -0.15) is 0 Å². The Labute approximate surface area is 359 Å². The molecular weight excluding hydrogens is 755 g/mol. The van der Waals surface area contributed by atoms with Crippen molar-refractivity contribution >= 4 is 38.8 Å². The van der Waals surface area contributed by atoms with Crippen LogP contribution in [0, 0.1) is 0 Å². The van der Waals surface area contributed by atoms with Gasteiger partial charge in [0.05, 0.1) is 16.6 Å². The molecule has 3 heterocycles. The molecular formula is C57H39N5. The molecule has 0 atom stereocenters. The smallest absolute Gasteiger partial charge is 0.164 e. The van der Waals surface area contributed by atoms with Gasteiger partial charge in [-0.3, -0.25) is 0 Å². The summed E-state index contributed by atoms with van der Waals surface area (Å²) in [5.41, 5.74) is 16.2. The number of benzene rings is 8. The van der Waals surface area contributed by atoms with E-state index in [-0.39, 0.29) is 0 Å². The largest absolute Gasteiger partial charge is 0.310 e. The predicted molar refractivity (Wildman–Crippen MR) is 256 cm³/mol. The molecule has 1 aliphatic rings. The molecule has 0 radical (unpaired) electrons. The fraction of sp³-hybridized carbons (Fsp3) is 0.0351. The highest BCUT2D eigenvalue weighted by Crippen LogP contribution is 2.39. The van der Waals surface area contributed by atoms with Gasteiger partial charge in [0, 0.05) is 49.9 Å². The molecule has 0 saturated heterocycles. The number of aromatic nitrogens is 5. The van der Waals surface area contributed by atoms with Crippen molar-refractivity contribution in [2.45, 2.75) is 12.8 Å². The third-order valence-corrected chi connectivity index (χ3v) is 12.2. The topological polar surface area (TPSA) is 48.5 Å². The quantitative estimate of drug-likeness (QED) is 0.161. The molecule has 3 aromatic heterocycles. The maximum Gasteiger partial charge on any atom is 0.164 e. The Bertz CT molecular complexity index is 3430. The molecule has 0 unspecified atom stereocenters. The number of hydrogen-bond donors (Lipinski definition) is 0. The van der Waals surface area contributed by atoms with E-state index in [1.165, 1.54) is 60.9 Å². The van der Waals surface area contributed by atoms with Crippen molar-refractivity contribution in [2.75, 3.05) is 0 Å². The number of nitrogens with zero attached hydrogens (tertiary/aromatic N) is 5. The second-order valence-corrected chi connectivity index (χ2v) is 16.0. The number of para-hydroxylation sites is 2. The second kappa shape index (κ2) is 14.8. The van der Waals surface area contributed by atoms with E-state index in [1.807, 2.05) is 60.7 Å². The zero-order valence-electron chi connectivity index (χ0n) is 33.9. The van der Waals surface area contributed by atoms with Gasteiger partial charge in [0.15, 0.2) is 17.5 Å². The average molecular weight is 794 g/mol. The van der Waals surface area contributed by atoms with E-state index in [9.17, 15) is 0 Å². The lowest BCUT2D eigenvalue weighted by atomic mass is 9.96. The third-order valence-electron chi connectivity index (χ3n) is 12.2. The molecule has 0 fully saturated rings. The first-order chi connectivity index (χ1) is 30.7. The summed E-state index contributed by atoms with van der Waals surface area (Å²) in [6.45, 7) is 0. The fourth-order valence-electron chi connectivity index (χ4n) is 9.28. The second-order valence-electron chi connectivity index (χ2n) is 16.0. The number of hydrogen-bond acceptors (Lipinski definition) is 3. The van der Waals surface area contributed by atoms with E-state index >= 15 is 0 Å². The summed E-state index contributed by atoms with van der Waals surface area (Å²) < 4.78 is 4.77. The first kappa shape index (κ1) is 35.8. The van der Waals surface area contributed by atoms with Crippen LogP contribution >= 0.6 is 0 Å². The summed E-state index contributed by atoms with van der Waals surface area (Å²) in [6, 6.07) is 71.0. The summed E-state index contributed by atoms with van der Waals surface area (Å²) in [4.78, 5) is 15.0. The van der Waals surface area contributed by atoms with Crippen LogP contribution in [0.4, 0.5) is 0 Å². The van der Waals surface area contributed by atoms with Gasteiger partial charge >= 0.3 is 0 Å². The zero-order valence-corrected chi connectivity index (χ0v) is 33.9. The van der Waals surface area contributed by atoms with Crippen LogP contribution in [0.2, 0.25) is 0 Å². The van der Waals surface area contributed by atoms with Gasteiger partial charge in [0.2, 0.25) is 0 Å². The Hall–Kier alpha value is -8.15. The van der Waals surface area contributed by atoms with Crippen LogP contribution in [0.3, 0.4) is 0 Å². The van der Waals surface area contributed by atoms with Crippen molar-refractivity contribution in [1.29, 1.82) is 0 Å². The van der Waals surface area contributed by atoms with E-state index in [4.69, 9.17) is 15.0 Å². The molecule has 0 amide bonds. The van der Waals surface area contributed by atoms with Gasteiger partial charge in [0.1, 0.15) is 0 Å². The molecule has 8 aromatic carbocycles. The predicted octanol–water partition coefficient (Wildman–Crippen LogP) is 14.2. The molecule has 1 aliphatic carbocycles. The van der Waals surface area contributed by atoms with Crippen molar-refractivity contribution < 1.29 is 0 Å². The Balaban J connectivity index is 0.909. The summed E-state index contributed by atoms with van der Waals surface area (Å²) in [6.07, 6.45) is 6.72. The van der Waals surface area contributed by atoms with Gasteiger partial charge in [-0.25, -0.2) is 15.0 Å². The van der Waals surface area contributed by atoms with Gasteiger partial charge in [-0.05, 0) is 101 Å². The first-order valence-corrected chi connectivity index (χ1v) is 21.2. The maximum atomic E-state index is 5.02. The van der Waals surface area contributed by atoms with Crippen LogP contribution in [-0.2, 0) is 6.42 Å². The Kier molecular flexibility index (Phi) is 8.56. The van der Waals surface area contributed by atoms with Gasteiger partial charge < -0.3 is 9.13 Å². The third kappa shape index (κ3) is 6.13. The van der Waals surface area contributed by atoms with E-state index in [2.05, 4.69) is 161 Å². The van der Waals surface area contributed by atoms with Crippen molar-refractivity contribution in [2.24, 2.45) is 0 Å². The van der Waals surface area contributed by atoms with Gasteiger partial charge in [-0.15, -0.1) is 0 Å². The highest BCUT2D eigenvalue weighted by molar-refractivity contribution is 6.10. The number of allylic oxidation sites excluding steroid dienone is 1. The Morgan fingerprint density at radius 1 is 0.339 bits per heavy atom. The molecule has 0 spiro atoms. The minimum absolute atomic E-state index is 0.632. The molecule has 5 heteroatoms. The van der Waals surface area contributed by atoms with Crippen LogP contribution in [0.25, 0.3) is 107 Å². The summed E-state index contributed by atoms with van der Waals surface area (Å²) in [7, 11) is 0. The summed E-state index contributed by atoms with van der Waals surface area (Å²) >= 11 is 0. The maximum absolute atomic E-state index is 5.02. The molecule has 11 aromatic rings. The number of aryl methyl sites for hydroxylation is 1. The molecule has 5 nitrogen and oxygen atoms in total. The van der Waals surface area contributed by atoms with E-state index in [0.29, 0.717) is 17.5 Å². The number of fused-ring (bicyclic) bond motifs is 6. The van der Waals surface area contributed by atoms with Gasteiger partial charge in [-0.1, -0.05) is 152 Å². The summed E-state index contributed by atoms with van der Waals surface area (Å²) in [5.74, 6) is 1.93. The SMILES string of the molecule is C1=Cc2c(c3cc(-c4ccc(-c5ccc6c(c5)c5ccccc5n6-c5cccc(-c6nc(-c7ccccc7)nc(-c7ccccc7)n6)c5)cc4)ccc3n2-c2ccccc2)CC1. The van der Waals surface area contributed by atoms with Crippen LogP contribution in [0.1, 0.15) is 17.7 Å². The van der Waals surface area contributed by atoms with Gasteiger partial charge in [0.25, 0.3) is 0 Å². The fourth-order valence-corrected chi connectivity index (χ4v) is 9.28. The Morgan fingerprint density at radius 3 is 1.50 bits per heavy atom. The van der Waals surface area contributed by atoms with Crippen molar-refractivity contribution in [3.63, 3.8) is 0 Å². The van der Waals surface area contributed by atoms with E-state index in [0.717, 1.165) is 46.3 Å². The summed E-state index contributed by atoms with van der Waals surface area (Å²) in [5, 5.41) is 3.75. The molecule has 292 valence electrons. The number of rotatable bonds is 7. The molecule has 0 N–H and O–H groups in total. The zero-order chi connectivity index (χ0) is 41.0. The standard InChI is InChI=1S/C57H39N5/c1-4-15-40(16-5-1)55-58-56(41-17-6-2-7-18-41)60-57(59-55)44-19-14-22-46(35-44)62-52-26-13-11-24-48(52)50-37-43(32-34-54(50)62)39-29-27-38(28-30-39)42-31-33-53-49(36-42)47-23-10-12-25-51(47)61(53)45-20-8-3-9-21-45/h1-9,11-22,24-37H,10,23H2. The highest BCUT2D eigenvalue weighted by Gasteiger charge is 2.20. The first-order valence-electron chi connectivity index (χ1n) is 21.2. The molecule has 0 aliphatic heterocycles. The normalized spacial score (nSPS) is 12.3. The van der Waals surface area contributed by atoms with E-state index < -0.39 is 0 Å². The lowest BCUT2D eigenvalue weighted by Crippen LogP contribution is -2.01. The van der Waals surface area contributed by atoms with Crippen LogP contribution < -0.4 is 0 Å². The minimum atomic E-state index is 0.632. The van der Waals surface area contributed by atoms with Crippen molar-refractivity contribution in [1.82, 2.24) is 24.1 Å². The monoisotopic (exact) mass is 793 g/mol. The molecule has 0 saturated carbocycles. The minimum Gasteiger partial charge on any atom is -0.310 e. The highest BCUT2D eigenvalue weighted by atomic mass is 15.0. The average Bonchev–Trinajstić information content (AvgIpc) is 3.87. The van der Waals surface area contributed by atoms with Crippen molar-refractivity contribution in [3.05, 3.63) is 218 Å². The lowest BCUT2D eigenvalue weighted by molar-refractivity contribution is 0.967. The van der Waals surface area contributed by atoms with Crippen molar-refractivity contribution in [3.8, 4) is 67.8 Å².